The molecule has 0 aliphatic heterocycles. The maximum atomic E-state index is 12.3. The minimum absolute atomic E-state index is 0.124. The van der Waals surface area contributed by atoms with Crippen molar-refractivity contribution in [1.29, 1.82) is 0 Å². The minimum atomic E-state index is -4.62. The van der Waals surface area contributed by atoms with Gasteiger partial charge in [0.1, 0.15) is 5.75 Å². The highest BCUT2D eigenvalue weighted by atomic mass is 19.4. The van der Waals surface area contributed by atoms with E-state index in [-0.39, 0.29) is 5.75 Å². The highest BCUT2D eigenvalue weighted by molar-refractivity contribution is 5.29. The van der Waals surface area contributed by atoms with Crippen molar-refractivity contribution >= 4 is 0 Å². The van der Waals surface area contributed by atoms with Gasteiger partial charge in [0.25, 0.3) is 0 Å². The summed E-state index contributed by atoms with van der Waals surface area (Å²) < 4.78 is 40.9. The van der Waals surface area contributed by atoms with E-state index < -0.39 is 6.36 Å². The van der Waals surface area contributed by atoms with Crippen LogP contribution in [0, 0.1) is 17.8 Å². The highest BCUT2D eigenvalue weighted by Gasteiger charge is 2.32. The summed E-state index contributed by atoms with van der Waals surface area (Å²) in [5, 5.41) is 0. The van der Waals surface area contributed by atoms with Crippen LogP contribution >= 0.6 is 0 Å². The average Bonchev–Trinajstić information content (AvgIpc) is 2.68. The molecule has 0 unspecified atom stereocenters. The Bertz CT molecular complexity index is 565. The summed E-state index contributed by atoms with van der Waals surface area (Å²) in [4.78, 5) is 0. The van der Waals surface area contributed by atoms with Gasteiger partial charge in [-0.2, -0.15) is 0 Å². The van der Waals surface area contributed by atoms with Crippen LogP contribution < -0.4 is 4.74 Å². The van der Waals surface area contributed by atoms with Crippen molar-refractivity contribution in [2.45, 2.75) is 96.3 Å². The Balaban J connectivity index is 1.41. The summed E-state index contributed by atoms with van der Waals surface area (Å²) in [6.45, 7) is 2.28. The van der Waals surface area contributed by atoms with Crippen molar-refractivity contribution in [3.63, 3.8) is 0 Å². The lowest BCUT2D eigenvalue weighted by Gasteiger charge is -2.38. The normalized spacial score (nSPS) is 28.9. The van der Waals surface area contributed by atoms with E-state index >= 15 is 0 Å². The second-order valence-electron chi connectivity index (χ2n) is 9.01. The molecule has 1 nitrogen and oxygen atoms in total. The number of unbranched alkanes of at least 4 members (excludes halogenated alkanes) is 2. The minimum Gasteiger partial charge on any atom is -0.406 e. The molecule has 0 spiro atoms. The van der Waals surface area contributed by atoms with E-state index in [1.807, 2.05) is 12.1 Å². The number of alkyl halides is 3. The van der Waals surface area contributed by atoms with Crippen LogP contribution in [0.3, 0.4) is 0 Å². The molecule has 2 aliphatic carbocycles. The molecule has 0 atom stereocenters. The second-order valence-corrected chi connectivity index (χ2v) is 9.01. The maximum absolute atomic E-state index is 12.3. The molecule has 0 aromatic heterocycles. The standard InChI is InChI=1S/C24H35F3O/c1-2-3-4-5-18-6-8-19(9-7-18)20-10-12-21(13-11-20)22-14-16-23(17-15-22)28-24(25,26)27/h14-21H,2-13H2,1H3/t18-,19-,20?,21?. The largest absolute Gasteiger partial charge is 0.573 e. The molecular formula is C24H35F3O. The molecule has 2 fully saturated rings. The Morgan fingerprint density at radius 2 is 1.39 bits per heavy atom. The van der Waals surface area contributed by atoms with Gasteiger partial charge in [-0.3, -0.25) is 0 Å². The molecule has 2 saturated carbocycles. The van der Waals surface area contributed by atoms with Gasteiger partial charge < -0.3 is 4.74 Å². The molecule has 28 heavy (non-hydrogen) atoms. The van der Waals surface area contributed by atoms with Gasteiger partial charge in [-0.15, -0.1) is 13.2 Å². The van der Waals surface area contributed by atoms with Gasteiger partial charge in [0.2, 0.25) is 0 Å². The lowest BCUT2D eigenvalue weighted by molar-refractivity contribution is -0.274. The van der Waals surface area contributed by atoms with Gasteiger partial charge in [-0.25, -0.2) is 0 Å². The molecule has 1 aromatic carbocycles. The molecule has 0 N–H and O–H groups in total. The van der Waals surface area contributed by atoms with E-state index in [4.69, 9.17) is 0 Å². The van der Waals surface area contributed by atoms with Gasteiger partial charge >= 0.3 is 6.36 Å². The molecule has 3 rings (SSSR count). The summed E-state index contributed by atoms with van der Waals surface area (Å²) in [7, 11) is 0. The van der Waals surface area contributed by atoms with E-state index in [0.717, 1.165) is 23.3 Å². The molecular weight excluding hydrogens is 361 g/mol. The van der Waals surface area contributed by atoms with E-state index in [0.29, 0.717) is 5.92 Å². The number of hydrogen-bond donors (Lipinski definition) is 0. The third-order valence-electron chi connectivity index (χ3n) is 7.13. The zero-order valence-electron chi connectivity index (χ0n) is 17.1. The molecule has 0 radical (unpaired) electrons. The van der Waals surface area contributed by atoms with Crippen molar-refractivity contribution in [2.75, 3.05) is 0 Å². The van der Waals surface area contributed by atoms with Crippen molar-refractivity contribution in [2.24, 2.45) is 17.8 Å². The average molecular weight is 397 g/mol. The van der Waals surface area contributed by atoms with Crippen LogP contribution in [-0.4, -0.2) is 6.36 Å². The molecule has 0 saturated heterocycles. The number of benzene rings is 1. The zero-order chi connectivity index (χ0) is 20.0. The SMILES string of the molecule is CCCCC[C@H]1CC[C@H](C2CCC(c3ccc(OC(F)(F)F)cc3)CC2)CC1. The van der Waals surface area contributed by atoms with E-state index in [1.165, 1.54) is 89.2 Å². The van der Waals surface area contributed by atoms with Crippen LogP contribution in [0.25, 0.3) is 0 Å². The summed E-state index contributed by atoms with van der Waals surface area (Å²) in [6, 6.07) is 6.53. The van der Waals surface area contributed by atoms with Gasteiger partial charge in [0.15, 0.2) is 0 Å². The molecule has 0 heterocycles. The number of ether oxygens (including phenoxy) is 1. The van der Waals surface area contributed by atoms with Crippen LogP contribution in [0.4, 0.5) is 13.2 Å². The first-order chi connectivity index (χ1) is 13.4. The quantitative estimate of drug-likeness (QED) is 0.422. The molecule has 4 heteroatoms. The molecule has 1 aromatic rings. The highest BCUT2D eigenvalue weighted by Crippen LogP contribution is 2.44. The lowest BCUT2D eigenvalue weighted by Crippen LogP contribution is -2.25. The van der Waals surface area contributed by atoms with Gasteiger partial charge in [-0.05, 0) is 79.9 Å². The molecule has 0 amide bonds. The summed E-state index contributed by atoms with van der Waals surface area (Å²) in [5.41, 5.74) is 1.16. The Hall–Kier alpha value is -1.19. The monoisotopic (exact) mass is 396 g/mol. The number of rotatable bonds is 7. The van der Waals surface area contributed by atoms with Crippen LogP contribution in [-0.2, 0) is 0 Å². The van der Waals surface area contributed by atoms with Gasteiger partial charge in [-0.1, -0.05) is 57.6 Å². The van der Waals surface area contributed by atoms with E-state index in [2.05, 4.69) is 11.7 Å². The van der Waals surface area contributed by atoms with Crippen LogP contribution in [0.15, 0.2) is 24.3 Å². The topological polar surface area (TPSA) is 9.23 Å². The maximum Gasteiger partial charge on any atom is 0.573 e. The van der Waals surface area contributed by atoms with E-state index in [9.17, 15) is 13.2 Å². The van der Waals surface area contributed by atoms with Gasteiger partial charge in [0, 0.05) is 0 Å². The van der Waals surface area contributed by atoms with E-state index in [1.54, 1.807) is 0 Å². The summed E-state index contributed by atoms with van der Waals surface area (Å²) in [6.07, 6.45) is 11.5. The Morgan fingerprint density at radius 1 is 0.821 bits per heavy atom. The lowest BCUT2D eigenvalue weighted by atomic mass is 9.68. The first-order valence-corrected chi connectivity index (χ1v) is 11.3. The Morgan fingerprint density at radius 3 is 1.93 bits per heavy atom. The zero-order valence-corrected chi connectivity index (χ0v) is 17.1. The van der Waals surface area contributed by atoms with Crippen molar-refractivity contribution < 1.29 is 17.9 Å². The van der Waals surface area contributed by atoms with Crippen molar-refractivity contribution in [3.8, 4) is 5.75 Å². The summed E-state index contributed by atoms with van der Waals surface area (Å²) >= 11 is 0. The fourth-order valence-electron chi connectivity index (χ4n) is 5.50. The number of hydrogen-bond acceptors (Lipinski definition) is 1. The van der Waals surface area contributed by atoms with Crippen molar-refractivity contribution in [3.05, 3.63) is 29.8 Å². The Kier molecular flexibility index (Phi) is 7.70. The third-order valence-corrected chi connectivity index (χ3v) is 7.13. The van der Waals surface area contributed by atoms with Crippen molar-refractivity contribution in [1.82, 2.24) is 0 Å². The predicted molar refractivity (Wildman–Crippen MR) is 107 cm³/mol. The first-order valence-electron chi connectivity index (χ1n) is 11.3. The summed E-state index contributed by atoms with van der Waals surface area (Å²) in [5.74, 6) is 3.10. The van der Waals surface area contributed by atoms with Crippen LogP contribution in [0.5, 0.6) is 5.75 Å². The smallest absolute Gasteiger partial charge is 0.406 e. The molecule has 158 valence electrons. The second kappa shape index (κ2) is 10.0. The molecule has 0 bridgehead atoms. The fraction of sp³-hybridized carbons (Fsp3) is 0.750. The predicted octanol–water partition coefficient (Wildman–Crippen LogP) is 8.25. The third kappa shape index (κ3) is 6.42. The Labute approximate surface area is 168 Å². The fourth-order valence-corrected chi connectivity index (χ4v) is 5.50. The number of halogens is 3. The molecule has 2 aliphatic rings. The first kappa shape index (κ1) is 21.5. The van der Waals surface area contributed by atoms with Crippen LogP contribution in [0.2, 0.25) is 0 Å². The van der Waals surface area contributed by atoms with Crippen LogP contribution in [0.1, 0.15) is 95.5 Å². The van der Waals surface area contributed by atoms with Gasteiger partial charge in [0.05, 0.1) is 0 Å².